The smallest absolute Gasteiger partial charge is 0.333 e. The summed E-state index contributed by atoms with van der Waals surface area (Å²) >= 11 is 0. The largest absolute Gasteiger partial charge is 0.497 e. The Morgan fingerprint density at radius 1 is 1.32 bits per heavy atom. The fraction of sp³-hybridized carbons (Fsp3) is 0.385. The molecule has 6 heteroatoms. The molecule has 0 saturated carbocycles. The first kappa shape index (κ1) is 14.8. The zero-order valence-corrected chi connectivity index (χ0v) is 11.2. The number of nitrogens with one attached hydrogen (secondary N) is 1. The highest BCUT2D eigenvalue weighted by atomic mass is 16.5. The number of hydrogen-bond acceptors (Lipinski definition) is 3. The van der Waals surface area contributed by atoms with E-state index in [0.29, 0.717) is 17.9 Å². The minimum Gasteiger partial charge on any atom is -0.497 e. The molecule has 1 aromatic rings. The maximum absolute atomic E-state index is 11.9. The third kappa shape index (κ3) is 4.50. The molecule has 0 saturated heterocycles. The summed E-state index contributed by atoms with van der Waals surface area (Å²) in [6.07, 6.45) is 1.67. The molecule has 0 aliphatic carbocycles. The number of carbonyl (C=O) groups is 2. The molecule has 3 N–H and O–H groups in total. The molecule has 0 bridgehead atoms. The van der Waals surface area contributed by atoms with Gasteiger partial charge in [0.2, 0.25) is 0 Å². The van der Waals surface area contributed by atoms with Crippen LogP contribution < -0.4 is 15.9 Å². The summed E-state index contributed by atoms with van der Waals surface area (Å²) < 4.78 is 5.01. The summed E-state index contributed by atoms with van der Waals surface area (Å²) in [6, 6.07) is 5.92. The lowest BCUT2D eigenvalue weighted by Gasteiger charge is -2.20. The van der Waals surface area contributed by atoms with Crippen molar-refractivity contribution >= 4 is 11.9 Å². The van der Waals surface area contributed by atoms with Crippen LogP contribution in [0.2, 0.25) is 0 Å². The lowest BCUT2D eigenvalue weighted by molar-refractivity contribution is 0.0831. The predicted octanol–water partition coefficient (Wildman–Crippen LogP) is 1.52. The van der Waals surface area contributed by atoms with Crippen molar-refractivity contribution < 1.29 is 14.3 Å². The first-order chi connectivity index (χ1) is 9.08. The lowest BCUT2D eigenvalue weighted by atomic mass is 10.2. The number of hydrazine groups is 1. The number of hydrogen-bond donors (Lipinski definition) is 2. The average molecular weight is 265 g/mol. The number of rotatable bonds is 5. The van der Waals surface area contributed by atoms with E-state index < -0.39 is 6.03 Å². The minimum atomic E-state index is -0.671. The second-order valence-corrected chi connectivity index (χ2v) is 4.01. The van der Waals surface area contributed by atoms with Crippen molar-refractivity contribution in [2.24, 2.45) is 5.73 Å². The molecule has 0 atom stereocenters. The molecule has 104 valence electrons. The van der Waals surface area contributed by atoms with Gasteiger partial charge in [-0.2, -0.15) is 0 Å². The van der Waals surface area contributed by atoms with Crippen LogP contribution in [0.25, 0.3) is 0 Å². The predicted molar refractivity (Wildman–Crippen MR) is 71.7 cm³/mol. The van der Waals surface area contributed by atoms with E-state index in [0.717, 1.165) is 17.9 Å². The Morgan fingerprint density at radius 3 is 2.42 bits per heavy atom. The molecule has 0 aliphatic heterocycles. The monoisotopic (exact) mass is 265 g/mol. The van der Waals surface area contributed by atoms with Crippen LogP contribution in [-0.4, -0.2) is 30.6 Å². The van der Waals surface area contributed by atoms with Crippen LogP contribution in [0.3, 0.4) is 0 Å². The number of unbranched alkanes of at least 4 members (excludes halogenated alkanes) is 1. The Morgan fingerprint density at radius 2 is 1.95 bits per heavy atom. The molecule has 1 aromatic carbocycles. The molecule has 0 spiro atoms. The SMILES string of the molecule is CCCCN(NC(=O)c1ccc(OC)cc1)C(N)=O. The van der Waals surface area contributed by atoms with Crippen LogP contribution in [0.4, 0.5) is 4.79 Å². The van der Waals surface area contributed by atoms with Crippen LogP contribution in [0.1, 0.15) is 30.1 Å². The van der Waals surface area contributed by atoms with Gasteiger partial charge in [-0.15, -0.1) is 0 Å². The number of carbonyl (C=O) groups excluding carboxylic acids is 2. The molecule has 0 aromatic heterocycles. The standard InChI is InChI=1S/C13H19N3O3/c1-3-4-9-16(13(14)18)15-12(17)10-5-7-11(19-2)8-6-10/h5-8H,3-4,9H2,1-2H3,(H2,14,18)(H,15,17). The number of benzene rings is 1. The van der Waals surface area contributed by atoms with Gasteiger partial charge in [0.1, 0.15) is 5.75 Å². The van der Waals surface area contributed by atoms with E-state index in [1.54, 1.807) is 31.4 Å². The highest BCUT2D eigenvalue weighted by Crippen LogP contribution is 2.11. The molecular formula is C13H19N3O3. The number of ether oxygens (including phenoxy) is 1. The van der Waals surface area contributed by atoms with E-state index in [4.69, 9.17) is 10.5 Å². The fourth-order valence-electron chi connectivity index (χ4n) is 1.47. The molecule has 0 unspecified atom stereocenters. The van der Waals surface area contributed by atoms with Gasteiger partial charge in [-0.25, -0.2) is 9.80 Å². The molecule has 19 heavy (non-hydrogen) atoms. The van der Waals surface area contributed by atoms with E-state index in [9.17, 15) is 9.59 Å². The van der Waals surface area contributed by atoms with Crippen LogP contribution >= 0.6 is 0 Å². The highest BCUT2D eigenvalue weighted by molar-refractivity contribution is 5.95. The van der Waals surface area contributed by atoms with E-state index in [-0.39, 0.29) is 5.91 Å². The number of nitrogens with zero attached hydrogens (tertiary/aromatic N) is 1. The topological polar surface area (TPSA) is 84.7 Å². The summed E-state index contributed by atoms with van der Waals surface area (Å²) in [7, 11) is 1.55. The average Bonchev–Trinajstić information content (AvgIpc) is 2.43. The van der Waals surface area contributed by atoms with E-state index in [1.165, 1.54) is 0 Å². The van der Waals surface area contributed by atoms with Crippen molar-refractivity contribution in [2.75, 3.05) is 13.7 Å². The third-order valence-electron chi connectivity index (χ3n) is 2.59. The summed E-state index contributed by atoms with van der Waals surface area (Å²) in [5.41, 5.74) is 8.12. The summed E-state index contributed by atoms with van der Waals surface area (Å²) in [5, 5.41) is 1.12. The second-order valence-electron chi connectivity index (χ2n) is 4.01. The fourth-order valence-corrected chi connectivity index (χ4v) is 1.47. The molecule has 1 rings (SSSR count). The van der Waals surface area contributed by atoms with Crippen molar-refractivity contribution in [3.63, 3.8) is 0 Å². The van der Waals surface area contributed by atoms with Crippen molar-refractivity contribution in [3.8, 4) is 5.75 Å². The highest BCUT2D eigenvalue weighted by Gasteiger charge is 2.13. The van der Waals surface area contributed by atoms with Crippen molar-refractivity contribution in [3.05, 3.63) is 29.8 Å². The van der Waals surface area contributed by atoms with Gasteiger partial charge >= 0.3 is 6.03 Å². The lowest BCUT2D eigenvalue weighted by Crippen LogP contribution is -2.49. The molecule has 0 fully saturated rings. The van der Waals surface area contributed by atoms with Crippen molar-refractivity contribution in [1.29, 1.82) is 0 Å². The number of methoxy groups -OCH3 is 1. The second kappa shape index (κ2) is 7.25. The van der Waals surface area contributed by atoms with E-state index in [2.05, 4.69) is 5.43 Å². The van der Waals surface area contributed by atoms with Crippen LogP contribution in [0.5, 0.6) is 5.75 Å². The summed E-state index contributed by atoms with van der Waals surface area (Å²) in [4.78, 5) is 23.1. The molecule has 3 amide bonds. The maximum Gasteiger partial charge on any atom is 0.333 e. The first-order valence-corrected chi connectivity index (χ1v) is 6.10. The van der Waals surface area contributed by atoms with E-state index in [1.807, 2.05) is 6.92 Å². The van der Waals surface area contributed by atoms with Gasteiger partial charge in [-0.1, -0.05) is 13.3 Å². The third-order valence-corrected chi connectivity index (χ3v) is 2.59. The van der Waals surface area contributed by atoms with Crippen molar-refractivity contribution in [1.82, 2.24) is 10.4 Å². The zero-order valence-electron chi connectivity index (χ0n) is 11.2. The Hall–Kier alpha value is -2.24. The number of urea groups is 1. The molecule has 0 heterocycles. The van der Waals surface area contributed by atoms with Gasteiger partial charge in [0, 0.05) is 12.1 Å². The van der Waals surface area contributed by atoms with Gasteiger partial charge in [-0.3, -0.25) is 10.2 Å². The number of primary amides is 1. The van der Waals surface area contributed by atoms with Gasteiger partial charge in [-0.05, 0) is 30.7 Å². The summed E-state index contributed by atoms with van der Waals surface area (Å²) in [6.45, 7) is 2.39. The molecule has 0 radical (unpaired) electrons. The van der Waals surface area contributed by atoms with Crippen molar-refractivity contribution in [2.45, 2.75) is 19.8 Å². The Balaban J connectivity index is 2.67. The first-order valence-electron chi connectivity index (χ1n) is 6.10. The van der Waals surface area contributed by atoms with Crippen LogP contribution in [0.15, 0.2) is 24.3 Å². The normalized spacial score (nSPS) is 9.79. The minimum absolute atomic E-state index is 0.377. The van der Waals surface area contributed by atoms with E-state index >= 15 is 0 Å². The molecule has 0 aliphatic rings. The zero-order chi connectivity index (χ0) is 14.3. The Bertz CT molecular complexity index is 431. The Kier molecular flexibility index (Phi) is 5.66. The maximum atomic E-state index is 11.9. The number of nitrogens with two attached hydrogens (primary N) is 1. The molecule has 6 nitrogen and oxygen atoms in total. The van der Waals surface area contributed by atoms with Crippen LogP contribution in [0, 0.1) is 0 Å². The number of amides is 3. The quantitative estimate of drug-likeness (QED) is 0.791. The van der Waals surface area contributed by atoms with Crippen LogP contribution in [-0.2, 0) is 0 Å². The van der Waals surface area contributed by atoms with Gasteiger partial charge in [0.25, 0.3) is 5.91 Å². The Labute approximate surface area is 112 Å². The van der Waals surface area contributed by atoms with Gasteiger partial charge in [0.05, 0.1) is 7.11 Å². The van der Waals surface area contributed by atoms with Gasteiger partial charge < -0.3 is 10.5 Å². The van der Waals surface area contributed by atoms with Gasteiger partial charge in [0.15, 0.2) is 0 Å². The summed E-state index contributed by atoms with van der Waals surface area (Å²) in [5.74, 6) is 0.284. The molecular weight excluding hydrogens is 246 g/mol.